The van der Waals surface area contributed by atoms with E-state index in [4.69, 9.17) is 25.8 Å². The minimum atomic E-state index is -0.168. The first-order valence-electron chi connectivity index (χ1n) is 9.91. The summed E-state index contributed by atoms with van der Waals surface area (Å²) >= 11 is 6.08. The number of nitrogens with zero attached hydrogens (tertiary/aromatic N) is 2. The van der Waals surface area contributed by atoms with Crippen molar-refractivity contribution in [2.75, 3.05) is 13.7 Å². The van der Waals surface area contributed by atoms with Crippen molar-refractivity contribution in [2.24, 2.45) is 0 Å². The molecule has 1 saturated heterocycles. The van der Waals surface area contributed by atoms with Crippen LogP contribution in [0.15, 0.2) is 48.5 Å². The van der Waals surface area contributed by atoms with E-state index in [1.165, 1.54) is 0 Å². The number of aldehydes is 1. The summed E-state index contributed by atoms with van der Waals surface area (Å²) < 4.78 is 18.7. The van der Waals surface area contributed by atoms with Crippen LogP contribution in [0.1, 0.15) is 41.0 Å². The highest BCUT2D eigenvalue weighted by atomic mass is 35.5. The topological polar surface area (TPSA) is 62.6 Å². The SMILES string of the molecule is COc1cc(Cl)ccc1-n1nc(C=O)cc1Cc1ccc(OC2CCCCO2)cc1. The largest absolute Gasteiger partial charge is 0.494 e. The van der Waals surface area contributed by atoms with Crippen molar-refractivity contribution in [1.82, 2.24) is 9.78 Å². The first-order chi connectivity index (χ1) is 14.7. The molecule has 30 heavy (non-hydrogen) atoms. The fourth-order valence-corrected chi connectivity index (χ4v) is 3.67. The Morgan fingerprint density at radius 2 is 2.03 bits per heavy atom. The van der Waals surface area contributed by atoms with Gasteiger partial charge in [-0.05, 0) is 48.7 Å². The molecule has 0 bridgehead atoms. The van der Waals surface area contributed by atoms with Crippen molar-refractivity contribution in [1.29, 1.82) is 0 Å². The lowest BCUT2D eigenvalue weighted by atomic mass is 10.1. The zero-order chi connectivity index (χ0) is 20.9. The van der Waals surface area contributed by atoms with E-state index in [9.17, 15) is 4.79 Å². The fraction of sp³-hybridized carbons (Fsp3) is 0.304. The number of ether oxygens (including phenoxy) is 3. The van der Waals surface area contributed by atoms with Crippen LogP contribution in [0.3, 0.4) is 0 Å². The van der Waals surface area contributed by atoms with Gasteiger partial charge < -0.3 is 14.2 Å². The van der Waals surface area contributed by atoms with Crippen molar-refractivity contribution in [3.8, 4) is 17.2 Å². The van der Waals surface area contributed by atoms with Gasteiger partial charge in [0.1, 0.15) is 22.9 Å². The van der Waals surface area contributed by atoms with E-state index >= 15 is 0 Å². The normalized spacial score (nSPS) is 16.3. The predicted molar refractivity (Wildman–Crippen MR) is 114 cm³/mol. The van der Waals surface area contributed by atoms with Gasteiger partial charge in [-0.25, -0.2) is 4.68 Å². The van der Waals surface area contributed by atoms with Crippen LogP contribution in [-0.2, 0) is 11.2 Å². The number of hydrogen-bond acceptors (Lipinski definition) is 5. The molecular weight excluding hydrogens is 404 g/mol. The van der Waals surface area contributed by atoms with Crippen LogP contribution in [0.4, 0.5) is 0 Å². The molecule has 1 atom stereocenters. The van der Waals surface area contributed by atoms with Crippen molar-refractivity contribution in [3.63, 3.8) is 0 Å². The number of aromatic nitrogens is 2. The van der Waals surface area contributed by atoms with E-state index in [1.54, 1.807) is 30.0 Å². The number of benzene rings is 2. The quantitative estimate of drug-likeness (QED) is 0.506. The van der Waals surface area contributed by atoms with Crippen LogP contribution in [-0.4, -0.2) is 36.1 Å². The summed E-state index contributed by atoms with van der Waals surface area (Å²) in [7, 11) is 1.58. The Hall–Kier alpha value is -2.83. The van der Waals surface area contributed by atoms with Crippen molar-refractivity contribution in [3.05, 3.63) is 70.5 Å². The molecule has 1 fully saturated rings. The Morgan fingerprint density at radius 1 is 1.20 bits per heavy atom. The van der Waals surface area contributed by atoms with Crippen LogP contribution in [0.5, 0.6) is 11.5 Å². The van der Waals surface area contributed by atoms with Gasteiger partial charge >= 0.3 is 0 Å². The lowest BCUT2D eigenvalue weighted by molar-refractivity contribution is -0.105. The number of rotatable bonds is 7. The first kappa shape index (κ1) is 20.4. The molecule has 1 aliphatic rings. The van der Waals surface area contributed by atoms with E-state index in [-0.39, 0.29) is 6.29 Å². The molecule has 2 heterocycles. The second-order valence-electron chi connectivity index (χ2n) is 7.14. The average Bonchev–Trinajstić information content (AvgIpc) is 3.18. The monoisotopic (exact) mass is 426 g/mol. The summed E-state index contributed by atoms with van der Waals surface area (Å²) in [5.74, 6) is 1.37. The molecule has 0 N–H and O–H groups in total. The average molecular weight is 427 g/mol. The van der Waals surface area contributed by atoms with Crippen LogP contribution >= 0.6 is 11.6 Å². The van der Waals surface area contributed by atoms with Gasteiger partial charge in [0.05, 0.1) is 13.7 Å². The molecule has 7 heteroatoms. The maximum absolute atomic E-state index is 11.3. The Balaban J connectivity index is 1.56. The molecule has 0 amide bonds. The fourth-order valence-electron chi connectivity index (χ4n) is 3.51. The zero-order valence-corrected chi connectivity index (χ0v) is 17.5. The van der Waals surface area contributed by atoms with E-state index in [1.807, 2.05) is 30.3 Å². The van der Waals surface area contributed by atoms with E-state index in [0.717, 1.165) is 54.8 Å². The predicted octanol–water partition coefficient (Wildman–Crippen LogP) is 4.84. The van der Waals surface area contributed by atoms with Gasteiger partial charge in [-0.2, -0.15) is 5.10 Å². The number of hydrogen-bond donors (Lipinski definition) is 0. The maximum Gasteiger partial charge on any atom is 0.199 e. The minimum absolute atomic E-state index is 0.168. The standard InChI is InChI=1S/C23H23ClN2O4/c1-28-22-13-17(24)7-10-21(22)26-19(14-18(15-27)25-26)12-16-5-8-20(9-6-16)30-23-4-2-3-11-29-23/h5-10,13-15,23H,2-4,11-12H2,1H3. The molecule has 0 aliphatic carbocycles. The van der Waals surface area contributed by atoms with Crippen molar-refractivity contribution >= 4 is 17.9 Å². The summed E-state index contributed by atoms with van der Waals surface area (Å²) in [6.07, 6.45) is 4.29. The van der Waals surface area contributed by atoms with Crippen LogP contribution in [0, 0.1) is 0 Å². The van der Waals surface area contributed by atoms with Crippen LogP contribution < -0.4 is 9.47 Å². The summed E-state index contributed by atoms with van der Waals surface area (Å²) in [4.78, 5) is 11.3. The first-order valence-corrected chi connectivity index (χ1v) is 10.3. The third kappa shape index (κ3) is 4.66. The second-order valence-corrected chi connectivity index (χ2v) is 7.58. The van der Waals surface area contributed by atoms with Gasteiger partial charge in [0.25, 0.3) is 0 Å². The summed E-state index contributed by atoms with van der Waals surface area (Å²) in [5, 5.41) is 4.98. The highest BCUT2D eigenvalue weighted by Gasteiger charge is 2.16. The smallest absolute Gasteiger partial charge is 0.199 e. The Labute approximate surface area is 180 Å². The molecule has 0 spiro atoms. The number of carbonyl (C=O) groups is 1. The minimum Gasteiger partial charge on any atom is -0.494 e. The lowest BCUT2D eigenvalue weighted by Crippen LogP contribution is -2.24. The van der Waals surface area contributed by atoms with Crippen LogP contribution in [0.25, 0.3) is 5.69 Å². The van der Waals surface area contributed by atoms with E-state index in [0.29, 0.717) is 22.9 Å². The van der Waals surface area contributed by atoms with Gasteiger partial charge in [0, 0.05) is 29.6 Å². The molecule has 4 rings (SSSR count). The number of halogens is 1. The Morgan fingerprint density at radius 3 is 2.73 bits per heavy atom. The van der Waals surface area contributed by atoms with E-state index in [2.05, 4.69) is 5.10 Å². The second kappa shape index (κ2) is 9.32. The number of methoxy groups -OCH3 is 1. The van der Waals surface area contributed by atoms with Gasteiger partial charge in [0.15, 0.2) is 12.6 Å². The highest BCUT2D eigenvalue weighted by Crippen LogP contribution is 2.28. The van der Waals surface area contributed by atoms with Gasteiger partial charge in [-0.15, -0.1) is 0 Å². The molecule has 3 aromatic rings. The van der Waals surface area contributed by atoms with Gasteiger partial charge in [-0.3, -0.25) is 4.79 Å². The molecule has 0 saturated carbocycles. The van der Waals surface area contributed by atoms with Crippen LogP contribution in [0.2, 0.25) is 5.02 Å². The van der Waals surface area contributed by atoms with Crippen molar-refractivity contribution in [2.45, 2.75) is 32.0 Å². The molecule has 1 unspecified atom stereocenters. The van der Waals surface area contributed by atoms with Gasteiger partial charge in [-0.1, -0.05) is 23.7 Å². The third-order valence-electron chi connectivity index (χ3n) is 5.01. The number of carbonyl (C=O) groups excluding carboxylic acids is 1. The molecule has 2 aromatic carbocycles. The molecule has 0 radical (unpaired) electrons. The molecule has 6 nitrogen and oxygen atoms in total. The lowest BCUT2D eigenvalue weighted by Gasteiger charge is -2.23. The van der Waals surface area contributed by atoms with Gasteiger partial charge in [0.2, 0.25) is 0 Å². The molecule has 1 aromatic heterocycles. The summed E-state index contributed by atoms with van der Waals surface area (Å²) in [6, 6.07) is 15.0. The highest BCUT2D eigenvalue weighted by molar-refractivity contribution is 6.30. The Kier molecular flexibility index (Phi) is 6.35. The molecule has 1 aliphatic heterocycles. The summed E-state index contributed by atoms with van der Waals surface area (Å²) in [5.41, 5.74) is 3.01. The zero-order valence-electron chi connectivity index (χ0n) is 16.7. The molecule has 156 valence electrons. The van der Waals surface area contributed by atoms with E-state index < -0.39 is 0 Å². The van der Waals surface area contributed by atoms with Crippen molar-refractivity contribution < 1.29 is 19.0 Å². The summed E-state index contributed by atoms with van der Waals surface area (Å²) in [6.45, 7) is 0.750. The third-order valence-corrected chi connectivity index (χ3v) is 5.24. The molecular formula is C23H23ClN2O4. The Bertz CT molecular complexity index is 1010. The maximum atomic E-state index is 11.3.